The third kappa shape index (κ3) is 4.28. The molecule has 0 aliphatic carbocycles. The SMILES string of the molecule is CS(=O)(=O)c1cccc(C(=O)N2CCCC(C(=O)Nc3nccs3)C2)c1. The van der Waals surface area contributed by atoms with Crippen molar-refractivity contribution in [2.75, 3.05) is 24.7 Å². The van der Waals surface area contributed by atoms with Crippen LogP contribution in [0.5, 0.6) is 0 Å². The van der Waals surface area contributed by atoms with Gasteiger partial charge >= 0.3 is 0 Å². The number of hydrogen-bond acceptors (Lipinski definition) is 6. The van der Waals surface area contributed by atoms with Gasteiger partial charge in [-0.2, -0.15) is 0 Å². The van der Waals surface area contributed by atoms with Gasteiger partial charge in [-0.15, -0.1) is 11.3 Å². The molecule has 0 radical (unpaired) electrons. The molecule has 1 unspecified atom stereocenters. The Hall–Kier alpha value is -2.26. The number of carbonyl (C=O) groups is 2. The Morgan fingerprint density at radius 2 is 2.15 bits per heavy atom. The fourth-order valence-electron chi connectivity index (χ4n) is 2.91. The molecule has 1 aromatic carbocycles. The second-order valence-corrected chi connectivity index (χ2v) is 9.13. The fraction of sp³-hybridized carbons (Fsp3) is 0.353. The van der Waals surface area contributed by atoms with Crippen molar-refractivity contribution >= 4 is 38.1 Å². The Kier molecular flexibility index (Phi) is 5.38. The molecule has 2 aromatic rings. The van der Waals surface area contributed by atoms with E-state index in [2.05, 4.69) is 10.3 Å². The number of sulfone groups is 1. The zero-order valence-electron chi connectivity index (χ0n) is 14.2. The van der Waals surface area contributed by atoms with Gasteiger partial charge < -0.3 is 10.2 Å². The van der Waals surface area contributed by atoms with E-state index in [1.807, 2.05) is 0 Å². The molecule has 3 rings (SSSR count). The number of likely N-dealkylation sites (tertiary alicyclic amines) is 1. The average Bonchev–Trinajstić information content (AvgIpc) is 3.13. The highest BCUT2D eigenvalue weighted by molar-refractivity contribution is 7.90. The van der Waals surface area contributed by atoms with Crippen LogP contribution in [0, 0.1) is 5.92 Å². The molecule has 0 saturated carbocycles. The molecule has 1 fully saturated rings. The number of amides is 2. The molecular weight excluding hydrogens is 374 g/mol. The van der Waals surface area contributed by atoms with Crippen LogP contribution < -0.4 is 5.32 Å². The van der Waals surface area contributed by atoms with E-state index in [1.165, 1.54) is 23.5 Å². The molecular formula is C17H19N3O4S2. The summed E-state index contributed by atoms with van der Waals surface area (Å²) in [6.07, 6.45) is 4.14. The fourth-order valence-corrected chi connectivity index (χ4v) is 4.11. The molecule has 1 N–H and O–H groups in total. The van der Waals surface area contributed by atoms with Gasteiger partial charge in [-0.05, 0) is 31.0 Å². The van der Waals surface area contributed by atoms with Gasteiger partial charge in [0.05, 0.1) is 10.8 Å². The van der Waals surface area contributed by atoms with Gasteiger partial charge in [-0.25, -0.2) is 13.4 Å². The van der Waals surface area contributed by atoms with E-state index < -0.39 is 9.84 Å². The summed E-state index contributed by atoms with van der Waals surface area (Å²) < 4.78 is 23.4. The molecule has 1 atom stereocenters. The van der Waals surface area contributed by atoms with Crippen LogP contribution in [0.15, 0.2) is 40.7 Å². The smallest absolute Gasteiger partial charge is 0.253 e. The lowest BCUT2D eigenvalue weighted by Gasteiger charge is -2.32. The zero-order valence-corrected chi connectivity index (χ0v) is 15.8. The van der Waals surface area contributed by atoms with Crippen molar-refractivity contribution in [1.29, 1.82) is 0 Å². The number of benzene rings is 1. The number of rotatable bonds is 4. The number of thiazole rings is 1. The second-order valence-electron chi connectivity index (χ2n) is 6.22. The van der Waals surface area contributed by atoms with Gasteiger partial charge in [0.25, 0.3) is 5.91 Å². The van der Waals surface area contributed by atoms with E-state index in [4.69, 9.17) is 0 Å². The standard InChI is InChI=1S/C17H19N3O4S2/c1-26(23,24)14-6-2-4-12(10-14)16(22)20-8-3-5-13(11-20)15(21)19-17-18-7-9-25-17/h2,4,6-7,9-10,13H,3,5,8,11H2,1H3,(H,18,19,21). The molecule has 1 saturated heterocycles. The van der Waals surface area contributed by atoms with Crippen molar-refractivity contribution in [3.8, 4) is 0 Å². The van der Waals surface area contributed by atoms with Crippen LogP contribution in [-0.4, -0.2) is 49.5 Å². The molecule has 1 aliphatic heterocycles. The van der Waals surface area contributed by atoms with Crippen molar-refractivity contribution in [3.63, 3.8) is 0 Å². The van der Waals surface area contributed by atoms with Crippen LogP contribution in [0.1, 0.15) is 23.2 Å². The van der Waals surface area contributed by atoms with E-state index in [0.29, 0.717) is 36.6 Å². The van der Waals surface area contributed by atoms with Crippen molar-refractivity contribution in [3.05, 3.63) is 41.4 Å². The summed E-state index contributed by atoms with van der Waals surface area (Å²) >= 11 is 1.34. The molecule has 9 heteroatoms. The average molecular weight is 393 g/mol. The van der Waals surface area contributed by atoms with E-state index >= 15 is 0 Å². The highest BCUT2D eigenvalue weighted by Crippen LogP contribution is 2.22. The summed E-state index contributed by atoms with van der Waals surface area (Å²) in [4.78, 5) is 30.9. The van der Waals surface area contributed by atoms with Crippen molar-refractivity contribution in [2.45, 2.75) is 17.7 Å². The molecule has 2 amide bonds. The van der Waals surface area contributed by atoms with Crippen molar-refractivity contribution in [2.24, 2.45) is 5.92 Å². The number of aromatic nitrogens is 1. The van der Waals surface area contributed by atoms with Gasteiger partial charge in [0.15, 0.2) is 15.0 Å². The minimum absolute atomic E-state index is 0.110. The normalized spacial score (nSPS) is 17.7. The number of hydrogen-bond donors (Lipinski definition) is 1. The maximum absolute atomic E-state index is 12.8. The first-order valence-electron chi connectivity index (χ1n) is 8.14. The number of nitrogens with one attached hydrogen (secondary N) is 1. The van der Waals surface area contributed by atoms with E-state index in [1.54, 1.807) is 28.6 Å². The molecule has 1 aromatic heterocycles. The van der Waals surface area contributed by atoms with Gasteiger partial charge in [0.1, 0.15) is 0 Å². The van der Waals surface area contributed by atoms with Crippen LogP contribution in [0.4, 0.5) is 5.13 Å². The first-order valence-corrected chi connectivity index (χ1v) is 10.9. The topological polar surface area (TPSA) is 96.4 Å². The minimum atomic E-state index is -3.38. The molecule has 2 heterocycles. The molecule has 0 bridgehead atoms. The summed E-state index contributed by atoms with van der Waals surface area (Å²) in [7, 11) is -3.38. The predicted octanol–water partition coefficient (Wildman–Crippen LogP) is 2.04. The van der Waals surface area contributed by atoms with E-state index in [9.17, 15) is 18.0 Å². The Labute approximate surface area is 156 Å². The first kappa shape index (κ1) is 18.5. The molecule has 138 valence electrons. The summed E-state index contributed by atoms with van der Waals surface area (Å²) in [5, 5.41) is 5.09. The van der Waals surface area contributed by atoms with Gasteiger partial charge in [0.2, 0.25) is 5.91 Å². The summed E-state index contributed by atoms with van der Waals surface area (Å²) in [5.74, 6) is -0.723. The van der Waals surface area contributed by atoms with Crippen LogP contribution in [-0.2, 0) is 14.6 Å². The lowest BCUT2D eigenvalue weighted by molar-refractivity contribution is -0.121. The number of anilines is 1. The van der Waals surface area contributed by atoms with Crippen LogP contribution in [0.3, 0.4) is 0 Å². The monoisotopic (exact) mass is 393 g/mol. The Bertz CT molecular complexity index is 910. The Balaban J connectivity index is 1.71. The van der Waals surface area contributed by atoms with Crippen LogP contribution >= 0.6 is 11.3 Å². The second kappa shape index (κ2) is 7.55. The molecule has 1 aliphatic rings. The van der Waals surface area contributed by atoms with Crippen molar-refractivity contribution < 1.29 is 18.0 Å². The lowest BCUT2D eigenvalue weighted by atomic mass is 9.96. The number of piperidine rings is 1. The maximum Gasteiger partial charge on any atom is 0.253 e. The van der Waals surface area contributed by atoms with Gasteiger partial charge in [-0.1, -0.05) is 6.07 Å². The zero-order chi connectivity index (χ0) is 18.7. The lowest BCUT2D eigenvalue weighted by Crippen LogP contribution is -2.43. The largest absolute Gasteiger partial charge is 0.338 e. The van der Waals surface area contributed by atoms with Crippen molar-refractivity contribution in [1.82, 2.24) is 9.88 Å². The van der Waals surface area contributed by atoms with Gasteiger partial charge in [-0.3, -0.25) is 9.59 Å². The number of carbonyl (C=O) groups excluding carboxylic acids is 2. The minimum Gasteiger partial charge on any atom is -0.338 e. The Morgan fingerprint density at radius 3 is 2.85 bits per heavy atom. The molecule has 26 heavy (non-hydrogen) atoms. The summed E-state index contributed by atoms with van der Waals surface area (Å²) in [6, 6.07) is 6.00. The quantitative estimate of drug-likeness (QED) is 0.857. The highest BCUT2D eigenvalue weighted by atomic mass is 32.2. The van der Waals surface area contributed by atoms with Crippen LogP contribution in [0.25, 0.3) is 0 Å². The first-order chi connectivity index (χ1) is 12.3. The van der Waals surface area contributed by atoms with E-state index in [0.717, 1.165) is 6.26 Å². The third-order valence-corrected chi connectivity index (χ3v) is 6.05. The number of nitrogens with zero attached hydrogens (tertiary/aromatic N) is 2. The maximum atomic E-state index is 12.8. The van der Waals surface area contributed by atoms with Gasteiger partial charge in [0, 0.05) is 36.5 Å². The summed E-state index contributed by atoms with van der Waals surface area (Å²) in [6.45, 7) is 0.849. The molecule has 0 spiro atoms. The van der Waals surface area contributed by atoms with Crippen LogP contribution in [0.2, 0.25) is 0 Å². The Morgan fingerprint density at radius 1 is 1.35 bits per heavy atom. The molecule has 7 nitrogen and oxygen atoms in total. The third-order valence-electron chi connectivity index (χ3n) is 4.25. The highest BCUT2D eigenvalue weighted by Gasteiger charge is 2.29. The summed E-state index contributed by atoms with van der Waals surface area (Å²) in [5.41, 5.74) is 0.314. The van der Waals surface area contributed by atoms with E-state index in [-0.39, 0.29) is 22.6 Å². The predicted molar refractivity (Wildman–Crippen MR) is 98.9 cm³/mol.